The molecule has 1 aromatic carbocycles. The number of carbonyl (C=O) groups is 1. The second-order valence-electron chi connectivity index (χ2n) is 7.50. The molecular formula is C23H20ClF2N7O2. The Hall–Kier alpha value is -4.12. The number of anilines is 1. The van der Waals surface area contributed by atoms with E-state index in [1.54, 1.807) is 28.9 Å². The molecule has 4 aromatic rings. The first-order valence-corrected chi connectivity index (χ1v) is 10.8. The van der Waals surface area contributed by atoms with Crippen LogP contribution in [0.25, 0.3) is 5.69 Å². The molecule has 3 aromatic heterocycles. The van der Waals surface area contributed by atoms with Crippen LogP contribution in [0.4, 0.5) is 14.6 Å². The molecule has 0 aliphatic rings. The van der Waals surface area contributed by atoms with Gasteiger partial charge in [-0.1, -0.05) is 17.7 Å². The van der Waals surface area contributed by atoms with E-state index >= 15 is 0 Å². The van der Waals surface area contributed by atoms with E-state index in [9.17, 15) is 18.7 Å². The molecule has 0 aliphatic heterocycles. The predicted molar refractivity (Wildman–Crippen MR) is 124 cm³/mol. The number of pyridine rings is 2. The average Bonchev–Trinajstić information content (AvgIpc) is 3.39. The molecule has 1 amide bonds. The van der Waals surface area contributed by atoms with Gasteiger partial charge in [-0.15, -0.1) is 0 Å². The Labute approximate surface area is 203 Å². The molecule has 0 fully saturated rings. The molecule has 0 aliphatic carbocycles. The zero-order valence-corrected chi connectivity index (χ0v) is 19.0. The topological polar surface area (TPSA) is 118 Å². The molecule has 12 heteroatoms. The molecule has 0 saturated heterocycles. The van der Waals surface area contributed by atoms with E-state index < -0.39 is 18.4 Å². The number of benzene rings is 1. The van der Waals surface area contributed by atoms with Crippen LogP contribution in [0.3, 0.4) is 0 Å². The van der Waals surface area contributed by atoms with Crippen LogP contribution in [0.15, 0.2) is 67.4 Å². The van der Waals surface area contributed by atoms with Crippen molar-refractivity contribution < 1.29 is 18.7 Å². The van der Waals surface area contributed by atoms with Crippen molar-refractivity contribution in [3.05, 3.63) is 89.4 Å². The maximum atomic E-state index is 14.4. The number of rotatable bonds is 9. The van der Waals surface area contributed by atoms with Gasteiger partial charge in [-0.25, -0.2) is 14.6 Å². The number of nitrogens with zero attached hydrogens (tertiary/aromatic N) is 5. The highest BCUT2D eigenvalue weighted by Crippen LogP contribution is 2.27. The smallest absolute Gasteiger partial charge is 0.306 e. The minimum absolute atomic E-state index is 0.0382. The molecular weight excluding hydrogens is 480 g/mol. The van der Waals surface area contributed by atoms with Gasteiger partial charge in [-0.3, -0.25) is 9.78 Å². The summed E-state index contributed by atoms with van der Waals surface area (Å²) in [6, 6.07) is 12.0. The number of alkyl halides is 2. The van der Waals surface area contributed by atoms with Crippen molar-refractivity contribution in [3.63, 3.8) is 0 Å². The summed E-state index contributed by atoms with van der Waals surface area (Å²) in [5, 5.41) is 20.0. The summed E-state index contributed by atoms with van der Waals surface area (Å²) in [6.45, 7) is -0.628. The fourth-order valence-corrected chi connectivity index (χ4v) is 3.45. The Morgan fingerprint density at radius 3 is 2.77 bits per heavy atom. The lowest BCUT2D eigenvalue weighted by molar-refractivity contribution is -0.120. The van der Waals surface area contributed by atoms with Crippen LogP contribution >= 0.6 is 11.6 Å². The Morgan fingerprint density at radius 1 is 1.17 bits per heavy atom. The summed E-state index contributed by atoms with van der Waals surface area (Å²) < 4.78 is 30.3. The van der Waals surface area contributed by atoms with Crippen LogP contribution in [0.2, 0.25) is 5.02 Å². The van der Waals surface area contributed by atoms with E-state index in [-0.39, 0.29) is 35.9 Å². The molecule has 0 atom stereocenters. The number of aromatic hydroxyl groups is 1. The zero-order valence-electron chi connectivity index (χ0n) is 18.2. The highest BCUT2D eigenvalue weighted by molar-refractivity contribution is 6.30. The Balaban J connectivity index is 1.40. The fourth-order valence-electron chi connectivity index (χ4n) is 3.25. The van der Waals surface area contributed by atoms with Crippen molar-refractivity contribution >= 4 is 23.3 Å². The van der Waals surface area contributed by atoms with E-state index in [0.29, 0.717) is 16.3 Å². The van der Waals surface area contributed by atoms with Crippen molar-refractivity contribution in [1.82, 2.24) is 30.0 Å². The Kier molecular flexibility index (Phi) is 7.16. The molecule has 3 N–H and O–H groups in total. The molecule has 4 rings (SSSR count). The number of aromatic nitrogens is 5. The SMILES string of the molecule is O=C(Cc1nc(NCC(F)(F)c2ccccn2)ccc1O)NCc1cc(Cl)ccc1-n1cncn1. The lowest BCUT2D eigenvalue weighted by Gasteiger charge is -2.17. The number of hydrogen-bond donors (Lipinski definition) is 3. The van der Waals surface area contributed by atoms with Gasteiger partial charge >= 0.3 is 5.92 Å². The van der Waals surface area contributed by atoms with E-state index in [4.69, 9.17) is 11.6 Å². The molecule has 0 saturated carbocycles. The number of carbonyl (C=O) groups excluding carboxylic acids is 1. The number of hydrogen-bond acceptors (Lipinski definition) is 7. The molecule has 0 unspecified atom stereocenters. The maximum absolute atomic E-state index is 14.4. The normalized spacial score (nSPS) is 11.3. The summed E-state index contributed by atoms with van der Waals surface area (Å²) in [5.74, 6) is -3.82. The van der Waals surface area contributed by atoms with E-state index in [1.807, 2.05) is 0 Å². The molecule has 35 heavy (non-hydrogen) atoms. The summed E-state index contributed by atoms with van der Waals surface area (Å²) in [6.07, 6.45) is 3.93. The molecule has 0 spiro atoms. The lowest BCUT2D eigenvalue weighted by Crippen LogP contribution is -2.27. The van der Waals surface area contributed by atoms with Gasteiger partial charge in [0.25, 0.3) is 0 Å². The van der Waals surface area contributed by atoms with Crippen LogP contribution in [0, 0.1) is 0 Å². The van der Waals surface area contributed by atoms with Gasteiger partial charge in [0.15, 0.2) is 0 Å². The molecule has 0 bridgehead atoms. The molecule has 0 radical (unpaired) electrons. The van der Waals surface area contributed by atoms with Gasteiger partial charge in [0.2, 0.25) is 5.91 Å². The van der Waals surface area contributed by atoms with E-state index in [1.165, 1.54) is 43.1 Å². The summed E-state index contributed by atoms with van der Waals surface area (Å²) in [7, 11) is 0. The standard InChI is InChI=1S/C23H20ClF2N7O2/c24-16-4-5-18(33-14-27-13-31-33)15(9-16)11-29-22(35)10-17-19(34)6-7-21(32-17)30-12-23(25,26)20-3-1-2-8-28-20/h1-9,13-14,34H,10-12H2,(H,29,35)(H,30,32). The number of amides is 1. The van der Waals surface area contributed by atoms with Crippen LogP contribution in [0.5, 0.6) is 5.75 Å². The summed E-state index contributed by atoms with van der Waals surface area (Å²) in [5.41, 5.74) is 1.04. The highest BCUT2D eigenvalue weighted by Gasteiger charge is 2.32. The second-order valence-corrected chi connectivity index (χ2v) is 7.94. The second kappa shape index (κ2) is 10.4. The van der Waals surface area contributed by atoms with Crippen LogP contribution < -0.4 is 10.6 Å². The van der Waals surface area contributed by atoms with Gasteiger partial charge in [0, 0.05) is 17.8 Å². The monoisotopic (exact) mass is 499 g/mol. The van der Waals surface area contributed by atoms with Crippen LogP contribution in [0.1, 0.15) is 17.0 Å². The van der Waals surface area contributed by atoms with Crippen molar-refractivity contribution in [2.75, 3.05) is 11.9 Å². The maximum Gasteiger partial charge on any atom is 0.306 e. The summed E-state index contributed by atoms with van der Waals surface area (Å²) in [4.78, 5) is 24.3. The summed E-state index contributed by atoms with van der Waals surface area (Å²) >= 11 is 6.10. The lowest BCUT2D eigenvalue weighted by atomic mass is 10.1. The Bertz CT molecular complexity index is 1300. The van der Waals surface area contributed by atoms with Crippen LogP contribution in [-0.2, 0) is 23.7 Å². The quantitative estimate of drug-likeness (QED) is 0.322. The molecule has 9 nitrogen and oxygen atoms in total. The van der Waals surface area contributed by atoms with Gasteiger partial charge in [0.05, 0.1) is 24.3 Å². The minimum atomic E-state index is -3.24. The third-order valence-corrected chi connectivity index (χ3v) is 5.23. The zero-order chi connectivity index (χ0) is 24.8. The minimum Gasteiger partial charge on any atom is -0.506 e. The van der Waals surface area contributed by atoms with Gasteiger partial charge in [-0.05, 0) is 48.0 Å². The number of halogens is 3. The van der Waals surface area contributed by atoms with Gasteiger partial charge < -0.3 is 15.7 Å². The van der Waals surface area contributed by atoms with Crippen molar-refractivity contribution in [3.8, 4) is 11.4 Å². The van der Waals surface area contributed by atoms with Crippen LogP contribution in [-0.4, -0.2) is 42.3 Å². The largest absolute Gasteiger partial charge is 0.506 e. The first kappa shape index (κ1) is 24.0. The number of nitrogens with one attached hydrogen (secondary N) is 2. The van der Waals surface area contributed by atoms with Crippen molar-refractivity contribution in [1.29, 1.82) is 0 Å². The average molecular weight is 500 g/mol. The molecule has 3 heterocycles. The first-order valence-electron chi connectivity index (χ1n) is 10.4. The highest BCUT2D eigenvalue weighted by atomic mass is 35.5. The van der Waals surface area contributed by atoms with Crippen molar-refractivity contribution in [2.45, 2.75) is 18.9 Å². The first-order chi connectivity index (χ1) is 16.8. The van der Waals surface area contributed by atoms with Gasteiger partial charge in [0.1, 0.15) is 29.9 Å². The van der Waals surface area contributed by atoms with E-state index in [0.717, 1.165) is 0 Å². The fraction of sp³-hybridized carbons (Fsp3) is 0.174. The van der Waals surface area contributed by atoms with Gasteiger partial charge in [-0.2, -0.15) is 13.9 Å². The molecule has 180 valence electrons. The Morgan fingerprint density at radius 2 is 2.03 bits per heavy atom. The predicted octanol–water partition coefficient (Wildman–Crippen LogP) is 3.48. The van der Waals surface area contributed by atoms with Crippen molar-refractivity contribution in [2.24, 2.45) is 0 Å². The third-order valence-electron chi connectivity index (χ3n) is 4.99. The van der Waals surface area contributed by atoms with E-state index in [2.05, 4.69) is 30.7 Å². The third kappa shape index (κ3) is 6.07.